The Bertz CT molecular complexity index is 887. The van der Waals surface area contributed by atoms with Crippen LogP contribution in [-0.2, 0) is 23.0 Å². The first-order chi connectivity index (χ1) is 13.2. The second-order valence-electron chi connectivity index (χ2n) is 6.72. The summed E-state index contributed by atoms with van der Waals surface area (Å²) in [6, 6.07) is 4.31. The number of rotatable bonds is 6. The highest BCUT2D eigenvalue weighted by Crippen LogP contribution is 2.28. The van der Waals surface area contributed by atoms with Crippen LogP contribution >= 0.6 is 0 Å². The molecule has 0 atom stereocenters. The zero-order valence-corrected chi connectivity index (χ0v) is 16.2. The molecule has 6 nitrogen and oxygen atoms in total. The molecule has 154 valence electrons. The van der Waals surface area contributed by atoms with Gasteiger partial charge < -0.3 is 9.30 Å². The van der Waals surface area contributed by atoms with Gasteiger partial charge in [-0.2, -0.15) is 4.31 Å². The number of alkyl halides is 3. The maximum absolute atomic E-state index is 12.8. The molecule has 1 aromatic carbocycles. The summed E-state index contributed by atoms with van der Waals surface area (Å²) in [6.07, 6.45) is 1.17. The van der Waals surface area contributed by atoms with E-state index in [0.29, 0.717) is 19.0 Å². The number of hydrogen-bond acceptors (Lipinski definition) is 4. The van der Waals surface area contributed by atoms with Gasteiger partial charge in [-0.15, -0.1) is 13.2 Å². The summed E-state index contributed by atoms with van der Waals surface area (Å²) >= 11 is 0. The van der Waals surface area contributed by atoms with Crippen molar-refractivity contribution in [2.24, 2.45) is 5.92 Å². The van der Waals surface area contributed by atoms with Crippen molar-refractivity contribution in [2.45, 2.75) is 44.0 Å². The molecule has 1 aromatic heterocycles. The van der Waals surface area contributed by atoms with Gasteiger partial charge in [0.25, 0.3) is 0 Å². The quantitative estimate of drug-likeness (QED) is 0.722. The van der Waals surface area contributed by atoms with Crippen LogP contribution in [0.1, 0.15) is 25.6 Å². The summed E-state index contributed by atoms with van der Waals surface area (Å²) in [7, 11) is -3.74. The van der Waals surface area contributed by atoms with E-state index in [1.807, 2.05) is 13.1 Å². The monoisotopic (exact) mass is 417 g/mol. The van der Waals surface area contributed by atoms with Crippen molar-refractivity contribution in [3.05, 3.63) is 42.5 Å². The molecule has 0 aliphatic carbocycles. The summed E-state index contributed by atoms with van der Waals surface area (Å²) in [5.74, 6) is 0.918. The molecule has 2 aromatic rings. The lowest BCUT2D eigenvalue weighted by Gasteiger charge is -2.31. The Morgan fingerprint density at radius 1 is 1.18 bits per heavy atom. The number of benzene rings is 1. The first-order valence-electron chi connectivity index (χ1n) is 9.05. The standard InChI is InChI=1S/C18H22F3N3O3S/c1-2-17-22-9-12-23(17)13-14-7-10-24(11-8-14)28(25,26)16-5-3-15(4-6-16)27-18(19,20)21/h3-6,9,12,14H,2,7-8,10-11,13H2,1H3. The Balaban J connectivity index is 1.61. The van der Waals surface area contributed by atoms with Crippen LogP contribution in [0, 0.1) is 5.92 Å². The highest BCUT2D eigenvalue weighted by atomic mass is 32.2. The number of hydrogen-bond donors (Lipinski definition) is 0. The average molecular weight is 417 g/mol. The number of nitrogens with zero attached hydrogens (tertiary/aromatic N) is 3. The Hall–Kier alpha value is -2.07. The Morgan fingerprint density at radius 3 is 2.39 bits per heavy atom. The van der Waals surface area contributed by atoms with Crippen LogP contribution in [0.25, 0.3) is 0 Å². The number of imidazole rings is 1. The number of halogens is 3. The van der Waals surface area contributed by atoms with Crippen LogP contribution in [0.4, 0.5) is 13.2 Å². The number of piperidine rings is 1. The average Bonchev–Trinajstić information content (AvgIpc) is 3.08. The minimum atomic E-state index is -4.81. The van der Waals surface area contributed by atoms with Crippen LogP contribution in [0.5, 0.6) is 5.75 Å². The second-order valence-corrected chi connectivity index (χ2v) is 8.65. The molecule has 1 saturated heterocycles. The van der Waals surface area contributed by atoms with Gasteiger partial charge in [0, 0.05) is 38.4 Å². The number of ether oxygens (including phenoxy) is 1. The molecule has 0 radical (unpaired) electrons. The van der Waals surface area contributed by atoms with Crippen molar-refractivity contribution in [1.82, 2.24) is 13.9 Å². The third-order valence-electron chi connectivity index (χ3n) is 4.84. The van der Waals surface area contributed by atoms with Gasteiger partial charge in [-0.3, -0.25) is 0 Å². The molecule has 1 aliphatic rings. The third-order valence-corrected chi connectivity index (χ3v) is 6.75. The maximum atomic E-state index is 12.8. The molecule has 1 fully saturated rings. The lowest BCUT2D eigenvalue weighted by Crippen LogP contribution is -2.39. The zero-order chi connectivity index (χ0) is 20.4. The first-order valence-corrected chi connectivity index (χ1v) is 10.5. The lowest BCUT2D eigenvalue weighted by atomic mass is 9.98. The largest absolute Gasteiger partial charge is 0.573 e. The molecule has 10 heteroatoms. The Morgan fingerprint density at radius 2 is 1.82 bits per heavy atom. The third kappa shape index (κ3) is 4.85. The van der Waals surface area contributed by atoms with Crippen molar-refractivity contribution in [2.75, 3.05) is 13.1 Å². The van der Waals surface area contributed by atoms with Gasteiger partial charge in [-0.1, -0.05) is 6.92 Å². The second kappa shape index (κ2) is 8.12. The molecule has 0 amide bonds. The van der Waals surface area contributed by atoms with Gasteiger partial charge in [0.05, 0.1) is 4.90 Å². The molecule has 0 spiro atoms. The van der Waals surface area contributed by atoms with E-state index in [2.05, 4.69) is 14.3 Å². The van der Waals surface area contributed by atoms with E-state index in [-0.39, 0.29) is 4.90 Å². The summed E-state index contributed by atoms with van der Waals surface area (Å²) in [4.78, 5) is 4.26. The minimum absolute atomic E-state index is 0.0386. The van der Waals surface area contributed by atoms with Crippen LogP contribution in [0.3, 0.4) is 0 Å². The van der Waals surface area contributed by atoms with E-state index >= 15 is 0 Å². The van der Waals surface area contributed by atoms with Crippen LogP contribution in [0.15, 0.2) is 41.6 Å². The Kier molecular flexibility index (Phi) is 5.99. The topological polar surface area (TPSA) is 64.4 Å². The smallest absolute Gasteiger partial charge is 0.406 e. The molecule has 3 rings (SSSR count). The van der Waals surface area contributed by atoms with Gasteiger partial charge in [-0.05, 0) is 43.0 Å². The zero-order valence-electron chi connectivity index (χ0n) is 15.4. The minimum Gasteiger partial charge on any atom is -0.406 e. The van der Waals surface area contributed by atoms with E-state index < -0.39 is 22.1 Å². The van der Waals surface area contributed by atoms with Gasteiger partial charge in [0.15, 0.2) is 0 Å². The molecular formula is C18H22F3N3O3S. The first kappa shape index (κ1) is 20.7. The fourth-order valence-electron chi connectivity index (χ4n) is 3.39. The number of sulfonamides is 1. The van der Waals surface area contributed by atoms with Crippen molar-refractivity contribution in [3.63, 3.8) is 0 Å². The molecule has 0 N–H and O–H groups in total. The molecule has 28 heavy (non-hydrogen) atoms. The summed E-state index contributed by atoms with van der Waals surface area (Å²) in [5, 5.41) is 0. The number of aryl methyl sites for hydroxylation is 1. The van der Waals surface area contributed by atoms with Gasteiger partial charge >= 0.3 is 6.36 Å². The normalized spacial score (nSPS) is 17.0. The SMILES string of the molecule is CCc1nccn1CC1CCN(S(=O)(=O)c2ccc(OC(F)(F)F)cc2)CC1. The van der Waals surface area contributed by atoms with Crippen molar-refractivity contribution in [3.8, 4) is 5.75 Å². The van der Waals surface area contributed by atoms with E-state index in [4.69, 9.17) is 0 Å². The number of aromatic nitrogens is 2. The highest BCUT2D eigenvalue weighted by molar-refractivity contribution is 7.89. The molecule has 0 bridgehead atoms. The Labute approximate surface area is 162 Å². The van der Waals surface area contributed by atoms with Crippen LogP contribution in [-0.4, -0.2) is 41.7 Å². The predicted molar refractivity (Wildman–Crippen MR) is 96.2 cm³/mol. The van der Waals surface area contributed by atoms with Crippen molar-refractivity contribution >= 4 is 10.0 Å². The summed E-state index contributed by atoms with van der Waals surface area (Å²) in [6.45, 7) is 3.60. The molecular weight excluding hydrogens is 395 g/mol. The lowest BCUT2D eigenvalue weighted by molar-refractivity contribution is -0.274. The van der Waals surface area contributed by atoms with E-state index in [1.54, 1.807) is 6.20 Å². The van der Waals surface area contributed by atoms with E-state index in [1.165, 1.54) is 4.31 Å². The van der Waals surface area contributed by atoms with Crippen molar-refractivity contribution < 1.29 is 26.3 Å². The predicted octanol–water partition coefficient (Wildman–Crippen LogP) is 3.45. The van der Waals surface area contributed by atoms with E-state index in [9.17, 15) is 21.6 Å². The maximum Gasteiger partial charge on any atom is 0.573 e. The van der Waals surface area contributed by atoms with Gasteiger partial charge in [-0.25, -0.2) is 13.4 Å². The van der Waals surface area contributed by atoms with Gasteiger partial charge in [0.2, 0.25) is 10.0 Å². The van der Waals surface area contributed by atoms with Crippen LogP contribution in [0.2, 0.25) is 0 Å². The van der Waals surface area contributed by atoms with Crippen LogP contribution < -0.4 is 4.74 Å². The highest BCUT2D eigenvalue weighted by Gasteiger charge is 2.32. The fraction of sp³-hybridized carbons (Fsp3) is 0.500. The van der Waals surface area contributed by atoms with Gasteiger partial charge in [0.1, 0.15) is 11.6 Å². The van der Waals surface area contributed by atoms with Crippen molar-refractivity contribution in [1.29, 1.82) is 0 Å². The molecule has 1 aliphatic heterocycles. The summed E-state index contributed by atoms with van der Waals surface area (Å²) < 4.78 is 69.5. The molecule has 0 saturated carbocycles. The van der Waals surface area contributed by atoms with E-state index in [0.717, 1.165) is 55.9 Å². The molecule has 0 unspecified atom stereocenters. The summed E-state index contributed by atoms with van der Waals surface area (Å²) in [5.41, 5.74) is 0. The molecule has 2 heterocycles. The fourth-order valence-corrected chi connectivity index (χ4v) is 4.86.